The molecule has 174 valence electrons. The predicted molar refractivity (Wildman–Crippen MR) is 115 cm³/mol. The minimum atomic E-state index is -3.12. The highest BCUT2D eigenvalue weighted by Gasteiger charge is 2.62. The summed E-state index contributed by atoms with van der Waals surface area (Å²) in [5, 5.41) is 14.9. The van der Waals surface area contributed by atoms with Gasteiger partial charge in [-0.05, 0) is 20.8 Å². The van der Waals surface area contributed by atoms with Crippen LogP contribution in [0.3, 0.4) is 0 Å². The van der Waals surface area contributed by atoms with Crippen molar-refractivity contribution in [3.8, 4) is 12.3 Å². The van der Waals surface area contributed by atoms with Gasteiger partial charge in [-0.1, -0.05) is 5.92 Å². The predicted octanol–water partition coefficient (Wildman–Crippen LogP) is -3.21. The second kappa shape index (κ2) is 9.72. The van der Waals surface area contributed by atoms with Gasteiger partial charge in [0.25, 0.3) is 13.7 Å². The Balaban J connectivity index is 2.23. The zero-order valence-corrected chi connectivity index (χ0v) is 19.1. The van der Waals surface area contributed by atoms with Crippen LogP contribution in [0.2, 0.25) is 0 Å². The molecule has 1 saturated heterocycles. The van der Waals surface area contributed by atoms with Crippen molar-refractivity contribution in [3.63, 3.8) is 0 Å². The van der Waals surface area contributed by atoms with Gasteiger partial charge in [0.05, 0.1) is 6.10 Å². The first kappa shape index (κ1) is 26.0. The summed E-state index contributed by atoms with van der Waals surface area (Å²) >= 11 is 0. The number of esters is 1. The fraction of sp³-hybridized carbons (Fsp3) is 0.625. The molecular formula is C16H24B2FN4O8P. The van der Waals surface area contributed by atoms with Crippen molar-refractivity contribution < 1.29 is 32.9 Å². The summed E-state index contributed by atoms with van der Waals surface area (Å²) in [6.45, 7) is 4.72. The normalized spacial score (nSPS) is 27.6. The average Bonchev–Trinajstić information content (AvgIpc) is 2.93. The van der Waals surface area contributed by atoms with E-state index in [0.29, 0.717) is 10.9 Å². The van der Waals surface area contributed by atoms with Crippen LogP contribution in [0.4, 0.5) is 4.39 Å². The van der Waals surface area contributed by atoms with E-state index < -0.39 is 60.9 Å². The monoisotopic (exact) mass is 472 g/mol. The van der Waals surface area contributed by atoms with Crippen molar-refractivity contribution in [2.75, 3.05) is 0 Å². The lowest BCUT2D eigenvalue weighted by molar-refractivity contribution is -0.149. The molecule has 1 aromatic rings. The van der Waals surface area contributed by atoms with Crippen molar-refractivity contribution in [2.24, 2.45) is 0 Å². The molecule has 1 aliphatic rings. The third kappa shape index (κ3) is 5.39. The molecule has 0 amide bonds. The summed E-state index contributed by atoms with van der Waals surface area (Å²) in [6, 6.07) is -0.975. The van der Waals surface area contributed by atoms with Gasteiger partial charge in [0.2, 0.25) is 11.9 Å². The number of nitrogens with one attached hydrogen (secondary N) is 2. The SMILES string of the molecule is BC(B)(O[PH](=O)N[C@@H](C)C(=O)OC(C)C)C1O[C@@H](n2ncc(=O)[nH]c2=O)C(F)(C#C)[C@H]1O. The van der Waals surface area contributed by atoms with Gasteiger partial charge >= 0.3 is 11.7 Å². The van der Waals surface area contributed by atoms with E-state index >= 15 is 4.39 Å². The number of carbonyl (C=O) groups excluding carboxylic acids is 1. The number of nitrogens with zero attached hydrogens (tertiary/aromatic N) is 2. The maximum Gasteiger partial charge on any atom is 0.347 e. The Morgan fingerprint density at radius 2 is 2.16 bits per heavy atom. The molecule has 0 aromatic carbocycles. The van der Waals surface area contributed by atoms with E-state index in [0.717, 1.165) is 0 Å². The van der Waals surface area contributed by atoms with E-state index in [9.17, 15) is 24.1 Å². The maximum absolute atomic E-state index is 15.5. The van der Waals surface area contributed by atoms with E-state index in [1.165, 1.54) is 22.6 Å². The highest BCUT2D eigenvalue weighted by atomic mass is 31.1. The molecule has 0 spiro atoms. The lowest BCUT2D eigenvalue weighted by Gasteiger charge is -2.33. The minimum absolute atomic E-state index is 0.378. The van der Waals surface area contributed by atoms with Crippen molar-refractivity contribution >= 4 is 29.8 Å². The number of terminal acetylenes is 1. The number of carbonyl (C=O) groups is 1. The van der Waals surface area contributed by atoms with Crippen molar-refractivity contribution in [3.05, 3.63) is 27.0 Å². The van der Waals surface area contributed by atoms with Crippen LogP contribution in [-0.4, -0.2) is 77.0 Å². The van der Waals surface area contributed by atoms with Crippen LogP contribution in [0.15, 0.2) is 15.8 Å². The number of aromatic amines is 1. The number of hydrogen-bond donors (Lipinski definition) is 3. The van der Waals surface area contributed by atoms with Crippen molar-refractivity contribution in [1.29, 1.82) is 0 Å². The number of aliphatic hydroxyl groups excluding tert-OH is 1. The number of H-pyrrole nitrogens is 1. The highest BCUT2D eigenvalue weighted by molar-refractivity contribution is 7.37. The average molecular weight is 472 g/mol. The molecule has 0 radical (unpaired) electrons. The smallest absolute Gasteiger partial charge is 0.347 e. The Bertz CT molecular complexity index is 1040. The lowest BCUT2D eigenvalue weighted by atomic mass is 9.60. The number of halogens is 1. The van der Waals surface area contributed by atoms with Gasteiger partial charge in [-0.3, -0.25) is 19.1 Å². The zero-order chi connectivity index (χ0) is 24.4. The van der Waals surface area contributed by atoms with Crippen LogP contribution >= 0.6 is 8.18 Å². The van der Waals surface area contributed by atoms with Crippen molar-refractivity contribution in [2.45, 2.75) is 62.4 Å². The van der Waals surface area contributed by atoms with Crippen LogP contribution < -0.4 is 16.3 Å². The molecule has 2 rings (SSSR count). The molecule has 6 atom stereocenters. The van der Waals surface area contributed by atoms with E-state index in [4.69, 9.17) is 20.4 Å². The molecule has 16 heteroatoms. The number of aromatic nitrogens is 3. The van der Waals surface area contributed by atoms with E-state index in [1.54, 1.807) is 19.8 Å². The number of hydrogen-bond acceptors (Lipinski definition) is 9. The molecule has 1 aliphatic heterocycles. The number of alkyl halides is 1. The third-order valence-electron chi connectivity index (χ3n) is 4.61. The van der Waals surface area contributed by atoms with Crippen LogP contribution in [0, 0.1) is 12.3 Å². The van der Waals surface area contributed by atoms with Gasteiger partial charge in [0.1, 0.15) is 40.1 Å². The first-order valence-corrected chi connectivity index (χ1v) is 10.9. The standard InChI is InChI=1S/C16H24B2FN4O8P/c1-5-15(19)10(25)11(30-13(15)23-14(27)21-9(24)6-20-23)16(17,18)31-32(28)22-8(4)12(26)29-7(2)3/h1,6-8,10-11,13,25,32H,17-18H2,2-4H3,(H,22,28)(H,21,24,27)/t8-,10-,11?,13+,15?/m0/s1. The molecule has 0 bridgehead atoms. The second-order valence-electron chi connectivity index (χ2n) is 7.99. The fourth-order valence-corrected chi connectivity index (χ4v) is 4.16. The largest absolute Gasteiger partial charge is 0.462 e. The molecular weight excluding hydrogens is 448 g/mol. The van der Waals surface area contributed by atoms with Gasteiger partial charge in [0, 0.05) is 5.40 Å². The van der Waals surface area contributed by atoms with Crippen LogP contribution in [0.1, 0.15) is 27.0 Å². The zero-order valence-electron chi connectivity index (χ0n) is 18.1. The minimum Gasteiger partial charge on any atom is -0.462 e. The first-order chi connectivity index (χ1) is 14.7. The Morgan fingerprint density at radius 3 is 2.69 bits per heavy atom. The summed E-state index contributed by atoms with van der Waals surface area (Å²) in [7, 11) is -0.418. The molecule has 32 heavy (non-hydrogen) atoms. The molecule has 3 N–H and O–H groups in total. The van der Waals surface area contributed by atoms with E-state index in [-0.39, 0.29) is 6.10 Å². The highest BCUT2D eigenvalue weighted by Crippen LogP contribution is 2.44. The molecule has 1 aromatic heterocycles. The number of aliphatic hydroxyl groups is 1. The molecule has 2 heterocycles. The Hall–Kier alpha value is -2.23. The van der Waals surface area contributed by atoms with Crippen LogP contribution in [-0.2, 0) is 23.4 Å². The maximum atomic E-state index is 15.5. The summed E-state index contributed by atoms with van der Waals surface area (Å²) in [5.74, 6) is 1.11. The van der Waals surface area contributed by atoms with Crippen LogP contribution in [0.25, 0.3) is 0 Å². The van der Waals surface area contributed by atoms with Gasteiger partial charge in [-0.2, -0.15) is 9.78 Å². The molecule has 12 nitrogen and oxygen atoms in total. The Kier molecular flexibility index (Phi) is 7.91. The van der Waals surface area contributed by atoms with Crippen LogP contribution in [0.5, 0.6) is 0 Å². The quantitative estimate of drug-likeness (QED) is 0.152. The van der Waals surface area contributed by atoms with Gasteiger partial charge in [-0.25, -0.2) is 14.3 Å². The lowest BCUT2D eigenvalue weighted by Crippen LogP contribution is -2.53. The van der Waals surface area contributed by atoms with Gasteiger partial charge < -0.3 is 19.1 Å². The molecule has 3 unspecified atom stereocenters. The van der Waals surface area contributed by atoms with E-state index in [1.807, 2.05) is 4.98 Å². The van der Waals surface area contributed by atoms with E-state index in [2.05, 4.69) is 10.2 Å². The third-order valence-corrected chi connectivity index (χ3v) is 5.99. The summed E-state index contributed by atoms with van der Waals surface area (Å²) in [5.41, 5.74) is -4.87. The molecule has 0 saturated carbocycles. The topological polar surface area (TPSA) is 162 Å². The first-order valence-electron chi connectivity index (χ1n) is 9.61. The number of rotatable bonds is 8. The van der Waals surface area contributed by atoms with Gasteiger partial charge in [0.15, 0.2) is 0 Å². The Labute approximate surface area is 184 Å². The summed E-state index contributed by atoms with van der Waals surface area (Å²) < 4.78 is 44.4. The second-order valence-corrected chi connectivity index (χ2v) is 9.06. The fourth-order valence-electron chi connectivity index (χ4n) is 3.04. The summed E-state index contributed by atoms with van der Waals surface area (Å²) in [6.07, 6.45) is 0.165. The Morgan fingerprint density at radius 1 is 1.53 bits per heavy atom. The molecule has 1 fully saturated rings. The summed E-state index contributed by atoms with van der Waals surface area (Å²) in [4.78, 5) is 37.1. The number of ether oxygens (including phenoxy) is 2. The van der Waals surface area contributed by atoms with Gasteiger partial charge in [-0.15, -0.1) is 6.42 Å². The molecule has 0 aliphatic carbocycles. The van der Waals surface area contributed by atoms with Crippen molar-refractivity contribution in [1.82, 2.24) is 19.9 Å².